The summed E-state index contributed by atoms with van der Waals surface area (Å²) >= 11 is 0. The Morgan fingerprint density at radius 2 is 1.46 bits per heavy atom. The van der Waals surface area contributed by atoms with Crippen molar-refractivity contribution in [2.45, 2.75) is 110 Å². The lowest BCUT2D eigenvalue weighted by Crippen LogP contribution is -2.74. The van der Waals surface area contributed by atoms with Crippen molar-refractivity contribution in [3.05, 3.63) is 11.8 Å². The van der Waals surface area contributed by atoms with Crippen LogP contribution in [0.5, 0.6) is 0 Å². The number of hydrogen-bond acceptors (Lipinski definition) is 12. The number of allylic oxidation sites excluding steroid dienone is 1. The van der Waals surface area contributed by atoms with Crippen molar-refractivity contribution in [1.29, 1.82) is 0 Å². The van der Waals surface area contributed by atoms with Gasteiger partial charge in [0.05, 0.1) is 35.7 Å². The summed E-state index contributed by atoms with van der Waals surface area (Å²) in [6.07, 6.45) is -4.62. The summed E-state index contributed by atoms with van der Waals surface area (Å²) in [5, 5.41) is 48.4. The largest absolute Gasteiger partial charge is 0.461 e. The summed E-state index contributed by atoms with van der Waals surface area (Å²) < 4.78 is 23.7. The van der Waals surface area contributed by atoms with Crippen molar-refractivity contribution >= 4 is 23.7 Å². The third-order valence-corrected chi connectivity index (χ3v) is 14.2. The zero-order valence-electron chi connectivity index (χ0n) is 27.5. The average Bonchev–Trinajstić information content (AvgIpc) is 3.64. The molecule has 2 heterocycles. The summed E-state index contributed by atoms with van der Waals surface area (Å²) in [4.78, 5) is 52.6. The maximum absolute atomic E-state index is 14.1. The van der Waals surface area contributed by atoms with Crippen molar-refractivity contribution in [1.82, 2.24) is 0 Å². The maximum atomic E-state index is 14.1. The van der Waals surface area contributed by atoms with Gasteiger partial charge in [-0.1, -0.05) is 20.8 Å². The number of ether oxygens (including phenoxy) is 4. The van der Waals surface area contributed by atoms with Crippen molar-refractivity contribution in [3.63, 3.8) is 0 Å². The van der Waals surface area contributed by atoms with E-state index in [2.05, 4.69) is 0 Å². The first kappa shape index (κ1) is 32.2. The highest BCUT2D eigenvalue weighted by Gasteiger charge is 2.82. The first-order valence-electron chi connectivity index (χ1n) is 16.5. The molecule has 2 aliphatic heterocycles. The lowest BCUT2D eigenvalue weighted by Gasteiger charge is -2.67. The standard InChI is InChI=1S/C34H46O12/c1-11-9-17-33(7,34(8,42)30(41)46-17)23-20(11)32(6)22(26(23)40)19-21(18(12(2)35)28(32)43-13(3)36)31(5)15(24(38)25(19)39)10-16-27(45-16)29(31)44-14(4)37/h9,11,15-16,18-29,38-40,42H,10H2,1-8H3/t11-,15?,16+,18+,19?,20?,21?,22?,23?,24+,25-,26-,27+,28+,29+,31+,32-,33+,34-/m1/s1. The molecular weight excluding hydrogens is 600 g/mol. The van der Waals surface area contributed by atoms with Gasteiger partial charge in [0.15, 0.2) is 5.60 Å². The Morgan fingerprint density at radius 1 is 0.848 bits per heavy atom. The highest BCUT2D eigenvalue weighted by atomic mass is 16.6. The Kier molecular flexibility index (Phi) is 6.73. The van der Waals surface area contributed by atoms with Gasteiger partial charge in [-0.05, 0) is 62.9 Å². The highest BCUT2D eigenvalue weighted by molar-refractivity contribution is 5.85. The quantitative estimate of drug-likeness (QED) is 0.193. The molecule has 46 heavy (non-hydrogen) atoms. The van der Waals surface area contributed by atoms with E-state index in [0.717, 1.165) is 0 Å². The minimum Gasteiger partial charge on any atom is -0.461 e. The van der Waals surface area contributed by atoms with Crippen molar-refractivity contribution < 1.29 is 58.6 Å². The molecule has 6 fully saturated rings. The van der Waals surface area contributed by atoms with Crippen molar-refractivity contribution in [2.75, 3.05) is 0 Å². The summed E-state index contributed by atoms with van der Waals surface area (Å²) in [6.45, 7) is 12.6. The molecular formula is C34H46O12. The van der Waals surface area contributed by atoms with E-state index in [9.17, 15) is 39.6 Å². The van der Waals surface area contributed by atoms with E-state index in [0.29, 0.717) is 6.42 Å². The number of Topliss-reactive ketones (excluding diaryl/α,β-unsaturated/α-hetero) is 1. The van der Waals surface area contributed by atoms with Crippen LogP contribution in [0, 0.1) is 63.6 Å². The number of ketones is 1. The number of hydrogen-bond donors (Lipinski definition) is 4. The van der Waals surface area contributed by atoms with Crippen LogP contribution in [0.3, 0.4) is 0 Å². The molecule has 7 rings (SSSR count). The molecule has 0 aromatic rings. The zero-order valence-corrected chi connectivity index (χ0v) is 27.5. The number of aliphatic hydroxyl groups excluding tert-OH is 3. The predicted molar refractivity (Wildman–Crippen MR) is 156 cm³/mol. The summed E-state index contributed by atoms with van der Waals surface area (Å²) in [7, 11) is 0. The van der Waals surface area contributed by atoms with Gasteiger partial charge in [0.2, 0.25) is 0 Å². The van der Waals surface area contributed by atoms with Gasteiger partial charge in [-0.15, -0.1) is 0 Å². The molecule has 0 amide bonds. The predicted octanol–water partition coefficient (Wildman–Crippen LogP) is 0.907. The van der Waals surface area contributed by atoms with Crippen LogP contribution in [0.25, 0.3) is 0 Å². The molecule has 12 heteroatoms. The molecule has 0 aromatic heterocycles. The van der Waals surface area contributed by atoms with E-state index in [1.54, 1.807) is 13.0 Å². The molecule has 4 N–H and O–H groups in total. The normalized spacial score (nSPS) is 57.7. The number of aliphatic hydroxyl groups is 4. The van der Waals surface area contributed by atoms with E-state index in [1.807, 2.05) is 20.8 Å². The van der Waals surface area contributed by atoms with Crippen LogP contribution >= 0.6 is 0 Å². The zero-order chi connectivity index (χ0) is 33.8. The third kappa shape index (κ3) is 3.57. The monoisotopic (exact) mass is 646 g/mol. The minimum absolute atomic E-state index is 0.247. The van der Waals surface area contributed by atoms with E-state index in [4.69, 9.17) is 18.9 Å². The van der Waals surface area contributed by atoms with Crippen molar-refractivity contribution in [2.24, 2.45) is 63.6 Å². The molecule has 7 aliphatic rings. The van der Waals surface area contributed by atoms with Crippen LogP contribution in [0.15, 0.2) is 11.8 Å². The van der Waals surface area contributed by atoms with E-state index in [-0.39, 0.29) is 23.6 Å². The molecule has 0 radical (unpaired) electrons. The summed E-state index contributed by atoms with van der Waals surface area (Å²) in [5.41, 5.74) is -5.73. The number of esters is 3. The fraction of sp³-hybridized carbons (Fsp3) is 0.824. The Balaban J connectivity index is 1.49. The summed E-state index contributed by atoms with van der Waals surface area (Å²) in [6, 6.07) is 0. The van der Waals surface area contributed by atoms with Crippen LogP contribution in [0.1, 0.15) is 61.8 Å². The van der Waals surface area contributed by atoms with Gasteiger partial charge in [-0.25, -0.2) is 4.79 Å². The van der Waals surface area contributed by atoms with Crippen LogP contribution in [-0.4, -0.2) is 92.4 Å². The Morgan fingerprint density at radius 3 is 2.04 bits per heavy atom. The van der Waals surface area contributed by atoms with Crippen LogP contribution in [-0.2, 0) is 38.1 Å². The van der Waals surface area contributed by atoms with Crippen LogP contribution in [0.4, 0.5) is 0 Å². The van der Waals surface area contributed by atoms with Crippen LogP contribution < -0.4 is 0 Å². The second-order valence-electron chi connectivity index (χ2n) is 16.1. The van der Waals surface area contributed by atoms with Gasteiger partial charge in [-0.2, -0.15) is 0 Å². The fourth-order valence-electron chi connectivity index (χ4n) is 12.4. The van der Waals surface area contributed by atoms with Gasteiger partial charge >= 0.3 is 17.9 Å². The van der Waals surface area contributed by atoms with Gasteiger partial charge in [0.25, 0.3) is 0 Å². The third-order valence-electron chi connectivity index (χ3n) is 14.2. The Hall–Kier alpha value is -2.38. The Bertz CT molecular complexity index is 1440. The van der Waals surface area contributed by atoms with E-state index >= 15 is 0 Å². The second-order valence-corrected chi connectivity index (χ2v) is 16.1. The molecule has 0 spiro atoms. The summed E-state index contributed by atoms with van der Waals surface area (Å²) in [5.74, 6) is -8.16. The molecule has 0 aromatic carbocycles. The number of carbonyl (C=O) groups excluding carboxylic acids is 4. The van der Waals surface area contributed by atoms with E-state index in [1.165, 1.54) is 27.7 Å². The molecule has 6 unspecified atom stereocenters. The molecule has 2 saturated heterocycles. The smallest absolute Gasteiger partial charge is 0.343 e. The van der Waals surface area contributed by atoms with E-state index < -0.39 is 118 Å². The average molecular weight is 647 g/mol. The number of fused-ring (bicyclic) bond motifs is 10. The number of epoxide rings is 1. The van der Waals surface area contributed by atoms with Gasteiger partial charge in [0.1, 0.15) is 29.9 Å². The molecule has 12 nitrogen and oxygen atoms in total. The molecule has 254 valence electrons. The topological polar surface area (TPSA) is 189 Å². The van der Waals surface area contributed by atoms with Gasteiger partial charge in [-0.3, -0.25) is 14.4 Å². The lowest BCUT2D eigenvalue weighted by atomic mass is 9.39. The van der Waals surface area contributed by atoms with Gasteiger partial charge < -0.3 is 39.4 Å². The Labute approximate surface area is 267 Å². The fourth-order valence-corrected chi connectivity index (χ4v) is 12.4. The molecule has 19 atom stereocenters. The first-order valence-corrected chi connectivity index (χ1v) is 16.5. The SMILES string of the molecule is CC(=O)O[C@H]1[C@H]2O[C@H]2CC2[C@H](O)[C@H](O)C3C([C@H](C(C)=O)[C@H](OC(C)=O)[C@@]4(C)C3[C@@H](O)C3C4[C@H](C)C=C4OC(=O)[C@@](C)(O)[C@@]43C)[C@]21C. The van der Waals surface area contributed by atoms with Crippen molar-refractivity contribution in [3.8, 4) is 0 Å². The lowest BCUT2D eigenvalue weighted by molar-refractivity contribution is -0.281. The minimum atomic E-state index is -2.02. The highest BCUT2D eigenvalue weighted by Crippen LogP contribution is 2.76. The molecule has 0 bridgehead atoms. The first-order chi connectivity index (χ1) is 21.3. The maximum Gasteiger partial charge on any atom is 0.343 e. The second kappa shape index (κ2) is 9.62. The molecule has 4 saturated carbocycles. The number of carbonyl (C=O) groups is 4. The van der Waals surface area contributed by atoms with Gasteiger partial charge in [0, 0.05) is 36.5 Å². The molecule has 5 aliphatic carbocycles. The number of rotatable bonds is 3. The van der Waals surface area contributed by atoms with Crippen LogP contribution in [0.2, 0.25) is 0 Å².